The summed E-state index contributed by atoms with van der Waals surface area (Å²) in [4.78, 5) is 27.3. The number of ether oxygens (including phenoxy) is 1. The van der Waals surface area contributed by atoms with E-state index in [0.29, 0.717) is 11.3 Å². The number of halogens is 2. The van der Waals surface area contributed by atoms with E-state index in [1.54, 1.807) is 20.8 Å². The lowest BCUT2D eigenvalue weighted by molar-refractivity contribution is -0.143. The average Bonchev–Trinajstić information content (AvgIpc) is 2.66. The summed E-state index contributed by atoms with van der Waals surface area (Å²) in [7, 11) is 0. The van der Waals surface area contributed by atoms with Gasteiger partial charge in [0.1, 0.15) is 11.6 Å². The second-order valence-corrected chi connectivity index (χ2v) is 7.75. The van der Waals surface area contributed by atoms with E-state index < -0.39 is 23.5 Å². The second-order valence-electron chi connectivity index (χ2n) is 7.75. The van der Waals surface area contributed by atoms with Crippen LogP contribution in [0.2, 0.25) is 0 Å². The van der Waals surface area contributed by atoms with Crippen LogP contribution in [0.25, 0.3) is 0 Å². The third-order valence-electron chi connectivity index (χ3n) is 5.33. The molecule has 0 saturated heterocycles. The zero-order chi connectivity index (χ0) is 22.0. The number of carbonyl (C=O) groups excluding carboxylic acids is 2. The molecule has 0 N–H and O–H groups in total. The Bertz CT molecular complexity index is 993. The van der Waals surface area contributed by atoms with Gasteiger partial charge in [0.2, 0.25) is 5.91 Å². The Morgan fingerprint density at radius 1 is 1.10 bits per heavy atom. The maximum absolute atomic E-state index is 14.2. The number of nitrogens with zero attached hydrogens (tertiary/aromatic N) is 1. The molecule has 1 amide bonds. The molecule has 0 spiro atoms. The first-order chi connectivity index (χ1) is 14.2. The Hall–Kier alpha value is -3.02. The van der Waals surface area contributed by atoms with Crippen LogP contribution in [-0.2, 0) is 20.9 Å². The first-order valence-corrected chi connectivity index (χ1v) is 9.91. The molecule has 2 aromatic rings. The molecule has 0 radical (unpaired) electrons. The van der Waals surface area contributed by atoms with Crippen LogP contribution in [0.4, 0.5) is 8.78 Å². The normalized spacial score (nSPS) is 17.0. The van der Waals surface area contributed by atoms with Crippen LogP contribution in [0.1, 0.15) is 49.8 Å². The van der Waals surface area contributed by atoms with E-state index in [0.717, 1.165) is 23.3 Å². The molecular formula is C24H25F2NO3. The van der Waals surface area contributed by atoms with E-state index in [4.69, 9.17) is 4.74 Å². The van der Waals surface area contributed by atoms with E-state index in [-0.39, 0.29) is 30.5 Å². The Morgan fingerprint density at radius 2 is 1.73 bits per heavy atom. The average molecular weight is 413 g/mol. The topological polar surface area (TPSA) is 46.6 Å². The number of amides is 1. The summed E-state index contributed by atoms with van der Waals surface area (Å²) in [6, 6.07) is 11.1. The molecule has 1 atom stereocenters. The third kappa shape index (κ3) is 4.27. The van der Waals surface area contributed by atoms with Crippen LogP contribution < -0.4 is 0 Å². The molecule has 30 heavy (non-hydrogen) atoms. The number of aryl methyl sites for hydroxylation is 1. The highest BCUT2D eigenvalue weighted by Crippen LogP contribution is 2.39. The van der Waals surface area contributed by atoms with Gasteiger partial charge in [0, 0.05) is 23.6 Å². The fourth-order valence-electron chi connectivity index (χ4n) is 3.83. The predicted molar refractivity (Wildman–Crippen MR) is 109 cm³/mol. The van der Waals surface area contributed by atoms with E-state index in [1.807, 2.05) is 31.2 Å². The SMILES string of the molecule is CC1=C(C(=O)OC(C)C)C(c2ccccc2C)CC(=O)N1Cc1c(F)cccc1F. The van der Waals surface area contributed by atoms with E-state index >= 15 is 0 Å². The van der Waals surface area contributed by atoms with E-state index in [9.17, 15) is 18.4 Å². The van der Waals surface area contributed by atoms with Crippen molar-refractivity contribution in [1.82, 2.24) is 4.90 Å². The second kappa shape index (κ2) is 8.78. The zero-order valence-corrected chi connectivity index (χ0v) is 17.5. The van der Waals surface area contributed by atoms with Gasteiger partial charge in [0.15, 0.2) is 0 Å². The van der Waals surface area contributed by atoms with Gasteiger partial charge in [-0.05, 0) is 51.0 Å². The van der Waals surface area contributed by atoms with Crippen molar-refractivity contribution in [3.63, 3.8) is 0 Å². The summed E-state index contributed by atoms with van der Waals surface area (Å²) >= 11 is 0. The molecule has 0 bridgehead atoms. The van der Waals surface area contributed by atoms with Gasteiger partial charge in [-0.25, -0.2) is 13.6 Å². The van der Waals surface area contributed by atoms with Gasteiger partial charge in [-0.3, -0.25) is 4.79 Å². The van der Waals surface area contributed by atoms with Crippen molar-refractivity contribution < 1.29 is 23.1 Å². The molecule has 0 saturated carbocycles. The fourth-order valence-corrected chi connectivity index (χ4v) is 3.83. The summed E-state index contributed by atoms with van der Waals surface area (Å²) in [6.07, 6.45) is -0.328. The summed E-state index contributed by atoms with van der Waals surface area (Å²) in [5, 5.41) is 0. The van der Waals surface area contributed by atoms with Crippen molar-refractivity contribution in [2.45, 2.75) is 52.7 Å². The molecule has 6 heteroatoms. The lowest BCUT2D eigenvalue weighted by Gasteiger charge is -2.35. The van der Waals surface area contributed by atoms with Crippen molar-refractivity contribution >= 4 is 11.9 Å². The predicted octanol–water partition coefficient (Wildman–Crippen LogP) is 5.01. The lowest BCUT2D eigenvalue weighted by Crippen LogP contribution is -2.38. The standard InChI is InChI=1S/C24H25F2NO3/c1-14(2)30-24(29)23-16(4)27(13-19-20(25)10-7-11-21(19)26)22(28)12-18(23)17-9-6-5-8-15(17)3/h5-11,14,18H,12-13H2,1-4H3. The number of hydrogen-bond acceptors (Lipinski definition) is 3. The minimum atomic E-state index is -0.733. The molecule has 1 aliphatic rings. The molecule has 0 aliphatic carbocycles. The van der Waals surface area contributed by atoms with Gasteiger partial charge in [-0.1, -0.05) is 30.3 Å². The highest BCUT2D eigenvalue weighted by atomic mass is 19.1. The van der Waals surface area contributed by atoms with Gasteiger partial charge in [0.25, 0.3) is 0 Å². The molecule has 3 rings (SSSR count). The number of benzene rings is 2. The summed E-state index contributed by atoms with van der Waals surface area (Å²) in [5.74, 6) is -2.77. The molecule has 1 heterocycles. The Kier molecular flexibility index (Phi) is 6.34. The van der Waals surface area contributed by atoms with Crippen molar-refractivity contribution in [2.75, 3.05) is 0 Å². The summed E-state index contributed by atoms with van der Waals surface area (Å²) in [6.45, 7) is 6.75. The van der Waals surface area contributed by atoms with Crippen LogP contribution in [0, 0.1) is 18.6 Å². The fraction of sp³-hybridized carbons (Fsp3) is 0.333. The number of allylic oxidation sites excluding steroid dienone is 1. The van der Waals surface area contributed by atoms with Crippen molar-refractivity contribution in [1.29, 1.82) is 0 Å². The number of esters is 1. The third-order valence-corrected chi connectivity index (χ3v) is 5.33. The minimum Gasteiger partial charge on any atom is -0.460 e. The van der Waals surface area contributed by atoms with Crippen LogP contribution in [0.5, 0.6) is 0 Å². The molecule has 1 unspecified atom stereocenters. The van der Waals surface area contributed by atoms with Crippen LogP contribution in [-0.4, -0.2) is 22.9 Å². The maximum Gasteiger partial charge on any atom is 0.336 e. The summed E-state index contributed by atoms with van der Waals surface area (Å²) < 4.78 is 33.8. The Morgan fingerprint density at radius 3 is 2.33 bits per heavy atom. The first kappa shape index (κ1) is 21.7. The molecule has 0 fully saturated rings. The minimum absolute atomic E-state index is 0.0147. The Labute approximate surface area is 175 Å². The quantitative estimate of drug-likeness (QED) is 0.647. The van der Waals surface area contributed by atoms with Crippen LogP contribution in [0.15, 0.2) is 53.7 Å². The van der Waals surface area contributed by atoms with Gasteiger partial charge in [0.05, 0.1) is 18.2 Å². The molecule has 4 nitrogen and oxygen atoms in total. The van der Waals surface area contributed by atoms with Gasteiger partial charge >= 0.3 is 5.97 Å². The zero-order valence-electron chi connectivity index (χ0n) is 17.5. The maximum atomic E-state index is 14.2. The van der Waals surface area contributed by atoms with Crippen molar-refractivity contribution in [2.24, 2.45) is 0 Å². The smallest absolute Gasteiger partial charge is 0.336 e. The molecule has 0 aromatic heterocycles. The molecule has 158 valence electrons. The van der Waals surface area contributed by atoms with Gasteiger partial charge in [-0.2, -0.15) is 0 Å². The number of hydrogen-bond donors (Lipinski definition) is 0. The van der Waals surface area contributed by atoms with E-state index in [1.165, 1.54) is 11.0 Å². The monoisotopic (exact) mass is 413 g/mol. The first-order valence-electron chi connectivity index (χ1n) is 9.91. The molecular weight excluding hydrogens is 388 g/mol. The van der Waals surface area contributed by atoms with Gasteiger partial charge in [-0.15, -0.1) is 0 Å². The number of rotatable bonds is 5. The van der Waals surface area contributed by atoms with Crippen LogP contribution >= 0.6 is 0 Å². The number of carbonyl (C=O) groups is 2. The lowest BCUT2D eigenvalue weighted by atomic mass is 9.81. The molecule has 2 aromatic carbocycles. The highest BCUT2D eigenvalue weighted by molar-refractivity contribution is 5.96. The van der Waals surface area contributed by atoms with E-state index in [2.05, 4.69) is 0 Å². The largest absolute Gasteiger partial charge is 0.460 e. The molecule has 1 aliphatic heterocycles. The van der Waals surface area contributed by atoms with Gasteiger partial charge < -0.3 is 9.64 Å². The van der Waals surface area contributed by atoms with Crippen molar-refractivity contribution in [3.8, 4) is 0 Å². The highest BCUT2D eigenvalue weighted by Gasteiger charge is 2.38. The van der Waals surface area contributed by atoms with Crippen LogP contribution in [0.3, 0.4) is 0 Å². The van der Waals surface area contributed by atoms with Crippen molar-refractivity contribution in [3.05, 3.63) is 82.1 Å². The Balaban J connectivity index is 2.10. The summed E-state index contributed by atoms with van der Waals surface area (Å²) in [5.41, 5.74) is 2.29.